The van der Waals surface area contributed by atoms with Crippen LogP contribution in [0.5, 0.6) is 0 Å². The van der Waals surface area contributed by atoms with Crippen molar-refractivity contribution >= 4 is 23.8 Å². The van der Waals surface area contributed by atoms with Crippen LogP contribution >= 0.6 is 0 Å². The minimum Gasteiger partial charge on any atom is -0.481 e. The first-order valence-electron chi connectivity index (χ1n) is 9.69. The lowest BCUT2D eigenvalue weighted by molar-refractivity contribution is -0.150. The van der Waals surface area contributed by atoms with Crippen LogP contribution in [-0.4, -0.2) is 107 Å². The molecule has 4 N–H and O–H groups in total. The first kappa shape index (κ1) is 27.5. The van der Waals surface area contributed by atoms with Gasteiger partial charge < -0.3 is 30.3 Å². The Balaban J connectivity index is 0.000000901. The van der Waals surface area contributed by atoms with Gasteiger partial charge in [0.05, 0.1) is 19.3 Å². The fourth-order valence-corrected chi connectivity index (χ4v) is 2.67. The largest absolute Gasteiger partial charge is 0.481 e. The molecule has 172 valence electrons. The number of carboxylic acids is 2. The van der Waals surface area contributed by atoms with Gasteiger partial charge in [-0.2, -0.15) is 0 Å². The normalized spacial score (nSPS) is 20.4. The summed E-state index contributed by atoms with van der Waals surface area (Å²) in [6.07, 6.45) is 2.37. The Hall–Kier alpha value is -2.50. The molecule has 2 aliphatic heterocycles. The second kappa shape index (κ2) is 15.4. The van der Waals surface area contributed by atoms with Crippen LogP contribution < -0.4 is 5.32 Å². The predicted octanol–water partition coefficient (Wildman–Crippen LogP) is -0.844. The van der Waals surface area contributed by atoms with E-state index in [1.165, 1.54) is 0 Å². The van der Waals surface area contributed by atoms with E-state index >= 15 is 0 Å². The molecule has 11 heteroatoms. The summed E-state index contributed by atoms with van der Waals surface area (Å²) < 4.78 is 4.87. The number of aliphatic hydroxyl groups is 1. The van der Waals surface area contributed by atoms with Crippen LogP contribution in [0.1, 0.15) is 27.2 Å². The number of amides is 1. The van der Waals surface area contributed by atoms with Crippen molar-refractivity contribution in [2.24, 2.45) is 0 Å². The number of hydrogen-bond donors (Lipinski definition) is 4. The standard InChI is InChI=1S/C15H25N3O4.2C2H4O2/c1-2-22-15(21)11-18-8-7-17(10-14(18)20)6-4-12-9-16-5-3-13(12)19;2*1-2(3)4/h4,13,16,19H,2-3,5-11H2,1H3;2*1H3,(H,3,4)/b12-4+;;. The summed E-state index contributed by atoms with van der Waals surface area (Å²) in [7, 11) is 0. The topological polar surface area (TPSA) is 157 Å². The number of hydrogen-bond acceptors (Lipinski definition) is 8. The lowest BCUT2D eigenvalue weighted by Crippen LogP contribution is -2.52. The molecule has 2 aliphatic rings. The Labute approximate surface area is 176 Å². The zero-order chi connectivity index (χ0) is 23.1. The summed E-state index contributed by atoms with van der Waals surface area (Å²) in [5, 5.41) is 28.0. The van der Waals surface area contributed by atoms with E-state index in [1.807, 2.05) is 11.0 Å². The van der Waals surface area contributed by atoms with Crippen LogP contribution in [0.15, 0.2) is 11.6 Å². The van der Waals surface area contributed by atoms with Crippen LogP contribution in [0, 0.1) is 0 Å². The predicted molar refractivity (Wildman–Crippen MR) is 108 cm³/mol. The molecule has 0 aliphatic carbocycles. The molecule has 0 aromatic heterocycles. The van der Waals surface area contributed by atoms with E-state index in [2.05, 4.69) is 5.32 Å². The summed E-state index contributed by atoms with van der Waals surface area (Å²) in [4.78, 5) is 45.1. The Morgan fingerprint density at radius 3 is 2.30 bits per heavy atom. The maximum absolute atomic E-state index is 12.1. The van der Waals surface area contributed by atoms with E-state index in [-0.39, 0.29) is 24.5 Å². The minimum absolute atomic E-state index is 0.0320. The Morgan fingerprint density at radius 2 is 1.80 bits per heavy atom. The third kappa shape index (κ3) is 13.6. The molecule has 11 nitrogen and oxygen atoms in total. The molecule has 1 unspecified atom stereocenters. The number of aliphatic carboxylic acids is 2. The van der Waals surface area contributed by atoms with Crippen LogP contribution in [-0.2, 0) is 23.9 Å². The van der Waals surface area contributed by atoms with Crippen LogP contribution in [0.4, 0.5) is 0 Å². The zero-order valence-electron chi connectivity index (χ0n) is 17.8. The minimum atomic E-state index is -0.833. The smallest absolute Gasteiger partial charge is 0.325 e. The molecule has 0 saturated carbocycles. The molecule has 2 rings (SSSR count). The van der Waals surface area contributed by atoms with Gasteiger partial charge in [0, 0.05) is 40.0 Å². The number of aliphatic hydroxyl groups excluding tert-OH is 1. The van der Waals surface area contributed by atoms with Gasteiger partial charge in [0.15, 0.2) is 0 Å². The second-order valence-electron chi connectivity index (χ2n) is 6.65. The molecule has 30 heavy (non-hydrogen) atoms. The molecule has 2 saturated heterocycles. The van der Waals surface area contributed by atoms with E-state index in [1.54, 1.807) is 11.8 Å². The molecular formula is C19H33N3O8. The highest BCUT2D eigenvalue weighted by molar-refractivity contribution is 5.83. The van der Waals surface area contributed by atoms with Gasteiger partial charge in [0.1, 0.15) is 6.54 Å². The molecule has 1 amide bonds. The van der Waals surface area contributed by atoms with Crippen molar-refractivity contribution in [3.05, 3.63) is 11.6 Å². The van der Waals surface area contributed by atoms with Gasteiger partial charge in [-0.05, 0) is 25.5 Å². The number of piperazine rings is 1. The van der Waals surface area contributed by atoms with Crippen LogP contribution in [0.2, 0.25) is 0 Å². The highest BCUT2D eigenvalue weighted by Crippen LogP contribution is 2.11. The van der Waals surface area contributed by atoms with Gasteiger partial charge in [0.2, 0.25) is 5.91 Å². The Bertz CT molecular complexity index is 589. The molecule has 0 spiro atoms. The average Bonchev–Trinajstić information content (AvgIpc) is 2.62. The zero-order valence-corrected chi connectivity index (χ0v) is 17.8. The van der Waals surface area contributed by atoms with Crippen LogP contribution in [0.25, 0.3) is 0 Å². The number of piperidine rings is 1. The maximum atomic E-state index is 12.1. The molecule has 0 aromatic rings. The number of esters is 1. The summed E-state index contributed by atoms with van der Waals surface area (Å²) in [5.41, 5.74) is 0.993. The highest BCUT2D eigenvalue weighted by atomic mass is 16.5. The Morgan fingerprint density at radius 1 is 1.20 bits per heavy atom. The van der Waals surface area contributed by atoms with E-state index in [9.17, 15) is 14.7 Å². The number of nitrogens with one attached hydrogen (secondary N) is 1. The van der Waals surface area contributed by atoms with Gasteiger partial charge in [-0.15, -0.1) is 0 Å². The second-order valence-corrected chi connectivity index (χ2v) is 6.65. The SMILES string of the molecule is CC(=O)O.CC(=O)O.CCOC(=O)CN1CCN(C/C=C2\CNCCC2O)CC1=O. The summed E-state index contributed by atoms with van der Waals surface area (Å²) in [6, 6.07) is 0. The third-order valence-electron chi connectivity index (χ3n) is 3.99. The van der Waals surface area contributed by atoms with E-state index in [0.717, 1.165) is 38.9 Å². The van der Waals surface area contributed by atoms with E-state index in [0.29, 0.717) is 32.8 Å². The third-order valence-corrected chi connectivity index (χ3v) is 3.99. The average molecular weight is 431 g/mol. The fraction of sp³-hybridized carbons (Fsp3) is 0.684. The van der Waals surface area contributed by atoms with Crippen molar-refractivity contribution in [1.82, 2.24) is 15.1 Å². The van der Waals surface area contributed by atoms with Crippen molar-refractivity contribution < 1.29 is 39.2 Å². The van der Waals surface area contributed by atoms with E-state index in [4.69, 9.17) is 24.5 Å². The number of ether oxygens (including phenoxy) is 1. The first-order chi connectivity index (χ1) is 14.1. The van der Waals surface area contributed by atoms with E-state index < -0.39 is 11.9 Å². The van der Waals surface area contributed by atoms with Gasteiger partial charge in [-0.3, -0.25) is 24.1 Å². The summed E-state index contributed by atoms with van der Waals surface area (Å²) in [6.45, 7) is 8.02. The van der Waals surface area contributed by atoms with Gasteiger partial charge >= 0.3 is 5.97 Å². The van der Waals surface area contributed by atoms with Crippen molar-refractivity contribution in [3.63, 3.8) is 0 Å². The maximum Gasteiger partial charge on any atom is 0.325 e. The van der Waals surface area contributed by atoms with Crippen molar-refractivity contribution in [1.29, 1.82) is 0 Å². The molecule has 0 bridgehead atoms. The molecule has 0 radical (unpaired) electrons. The quantitative estimate of drug-likeness (QED) is 0.319. The molecule has 2 heterocycles. The van der Waals surface area contributed by atoms with Crippen molar-refractivity contribution in [2.75, 3.05) is 52.4 Å². The molecule has 2 fully saturated rings. The van der Waals surface area contributed by atoms with Gasteiger partial charge in [0.25, 0.3) is 11.9 Å². The molecule has 0 aromatic carbocycles. The van der Waals surface area contributed by atoms with Crippen molar-refractivity contribution in [3.8, 4) is 0 Å². The number of carboxylic acid groups (broad SMARTS) is 2. The molecular weight excluding hydrogens is 398 g/mol. The monoisotopic (exact) mass is 431 g/mol. The summed E-state index contributed by atoms with van der Waals surface area (Å²) in [5.74, 6) is -2.08. The van der Waals surface area contributed by atoms with Crippen molar-refractivity contribution in [2.45, 2.75) is 33.3 Å². The summed E-state index contributed by atoms with van der Waals surface area (Å²) >= 11 is 0. The van der Waals surface area contributed by atoms with Gasteiger partial charge in [-0.1, -0.05) is 6.08 Å². The highest BCUT2D eigenvalue weighted by Gasteiger charge is 2.25. The fourth-order valence-electron chi connectivity index (χ4n) is 2.67. The Kier molecular flexibility index (Phi) is 14.1. The lowest BCUT2D eigenvalue weighted by atomic mass is 10.0. The van der Waals surface area contributed by atoms with Gasteiger partial charge in [-0.25, -0.2) is 0 Å². The lowest BCUT2D eigenvalue weighted by Gasteiger charge is -2.33. The number of carbonyl (C=O) groups excluding carboxylic acids is 2. The first-order valence-corrected chi connectivity index (χ1v) is 9.69. The molecule has 1 atom stereocenters. The number of rotatable bonds is 5. The number of carbonyl (C=O) groups is 4. The van der Waals surface area contributed by atoms with Crippen LogP contribution in [0.3, 0.4) is 0 Å². The number of nitrogens with zero attached hydrogens (tertiary/aromatic N) is 2.